The van der Waals surface area contributed by atoms with Crippen LogP contribution in [0.15, 0.2) is 40.6 Å². The SMILES string of the molecule is CC(C)(C)C(=O)Nc1cccc(NC(=O)c2sccc2S(=O)(=O)N2CCSCC2)c1. The molecule has 0 bridgehead atoms. The fourth-order valence-electron chi connectivity index (χ4n) is 2.77. The molecule has 2 heterocycles. The number of carbonyl (C=O) groups is 2. The van der Waals surface area contributed by atoms with Gasteiger partial charge in [-0.1, -0.05) is 26.8 Å². The Hall–Kier alpha value is -1.88. The van der Waals surface area contributed by atoms with E-state index in [-0.39, 0.29) is 15.7 Å². The summed E-state index contributed by atoms with van der Waals surface area (Å²) < 4.78 is 27.4. The average molecular weight is 468 g/mol. The molecule has 7 nitrogen and oxygen atoms in total. The third-order valence-corrected chi connectivity index (χ3v) is 8.41. The van der Waals surface area contributed by atoms with Crippen molar-refractivity contribution in [1.29, 1.82) is 0 Å². The molecule has 162 valence electrons. The maximum Gasteiger partial charge on any atom is 0.267 e. The number of hydrogen-bond donors (Lipinski definition) is 2. The van der Waals surface area contributed by atoms with Gasteiger partial charge in [-0.15, -0.1) is 11.3 Å². The Kier molecular flexibility index (Phi) is 6.91. The van der Waals surface area contributed by atoms with E-state index in [1.165, 1.54) is 10.4 Å². The Morgan fingerprint density at radius 3 is 2.30 bits per heavy atom. The Labute approximate surface area is 185 Å². The number of benzene rings is 1. The van der Waals surface area contributed by atoms with Gasteiger partial charge in [0.2, 0.25) is 15.9 Å². The van der Waals surface area contributed by atoms with E-state index in [1.807, 2.05) is 20.8 Å². The first-order valence-corrected chi connectivity index (χ1v) is 12.9. The number of hydrogen-bond acceptors (Lipinski definition) is 6. The number of thiophene rings is 1. The first-order chi connectivity index (χ1) is 14.1. The molecule has 2 amide bonds. The van der Waals surface area contributed by atoms with Crippen molar-refractivity contribution in [3.05, 3.63) is 40.6 Å². The summed E-state index contributed by atoms with van der Waals surface area (Å²) in [5.41, 5.74) is 0.474. The van der Waals surface area contributed by atoms with E-state index in [2.05, 4.69) is 10.6 Å². The van der Waals surface area contributed by atoms with Gasteiger partial charge in [-0.2, -0.15) is 16.1 Å². The molecule has 2 aromatic rings. The summed E-state index contributed by atoms with van der Waals surface area (Å²) in [4.78, 5) is 25.2. The quantitative estimate of drug-likeness (QED) is 0.699. The first kappa shape index (κ1) is 22.8. The highest BCUT2D eigenvalue weighted by Gasteiger charge is 2.31. The normalized spacial score (nSPS) is 15.6. The van der Waals surface area contributed by atoms with E-state index in [1.54, 1.807) is 41.4 Å². The van der Waals surface area contributed by atoms with Gasteiger partial charge in [0.15, 0.2) is 0 Å². The second-order valence-corrected chi connectivity index (χ2v) is 11.9. The Morgan fingerprint density at radius 1 is 1.03 bits per heavy atom. The van der Waals surface area contributed by atoms with E-state index in [0.717, 1.165) is 22.8 Å². The highest BCUT2D eigenvalue weighted by Crippen LogP contribution is 2.28. The van der Waals surface area contributed by atoms with E-state index in [9.17, 15) is 18.0 Å². The second kappa shape index (κ2) is 9.09. The van der Waals surface area contributed by atoms with Crippen LogP contribution in [0.4, 0.5) is 11.4 Å². The van der Waals surface area contributed by atoms with E-state index >= 15 is 0 Å². The fraction of sp³-hybridized carbons (Fsp3) is 0.400. The summed E-state index contributed by atoms with van der Waals surface area (Å²) >= 11 is 2.81. The Morgan fingerprint density at radius 2 is 1.67 bits per heavy atom. The summed E-state index contributed by atoms with van der Waals surface area (Å²) in [7, 11) is -3.71. The van der Waals surface area contributed by atoms with Crippen LogP contribution in [0.5, 0.6) is 0 Å². The lowest BCUT2D eigenvalue weighted by molar-refractivity contribution is -0.123. The molecule has 0 radical (unpaired) electrons. The lowest BCUT2D eigenvalue weighted by Gasteiger charge is -2.25. The van der Waals surface area contributed by atoms with Crippen LogP contribution in [-0.2, 0) is 14.8 Å². The van der Waals surface area contributed by atoms with Crippen LogP contribution in [0.25, 0.3) is 0 Å². The number of amides is 2. The largest absolute Gasteiger partial charge is 0.326 e. The number of anilines is 2. The predicted octanol–water partition coefficient (Wildman–Crippen LogP) is 3.72. The monoisotopic (exact) mass is 467 g/mol. The van der Waals surface area contributed by atoms with E-state index in [4.69, 9.17) is 0 Å². The van der Waals surface area contributed by atoms with Crippen LogP contribution in [0, 0.1) is 5.41 Å². The minimum absolute atomic E-state index is 0.0362. The summed E-state index contributed by atoms with van der Waals surface area (Å²) in [6.45, 7) is 6.33. The van der Waals surface area contributed by atoms with Crippen LogP contribution in [0.1, 0.15) is 30.4 Å². The fourth-order valence-corrected chi connectivity index (χ4v) is 6.64. The molecule has 0 saturated carbocycles. The van der Waals surface area contributed by atoms with Crippen molar-refractivity contribution >= 4 is 56.3 Å². The molecular weight excluding hydrogens is 442 g/mol. The van der Waals surface area contributed by atoms with Gasteiger partial charge in [0.1, 0.15) is 9.77 Å². The molecule has 0 unspecified atom stereocenters. The minimum atomic E-state index is -3.71. The average Bonchev–Trinajstić information content (AvgIpc) is 3.19. The van der Waals surface area contributed by atoms with Gasteiger partial charge in [0.25, 0.3) is 5.91 Å². The van der Waals surface area contributed by atoms with Crippen LogP contribution in [0.2, 0.25) is 0 Å². The number of carbonyl (C=O) groups excluding carboxylic acids is 2. The Bertz CT molecular complexity index is 1040. The predicted molar refractivity (Wildman–Crippen MR) is 123 cm³/mol. The molecule has 2 N–H and O–H groups in total. The summed E-state index contributed by atoms with van der Waals surface area (Å²) in [6.07, 6.45) is 0. The molecule has 0 atom stereocenters. The lowest BCUT2D eigenvalue weighted by atomic mass is 9.95. The van der Waals surface area contributed by atoms with Crippen LogP contribution >= 0.6 is 23.1 Å². The van der Waals surface area contributed by atoms with Crippen molar-refractivity contribution in [2.24, 2.45) is 5.41 Å². The van der Waals surface area contributed by atoms with Gasteiger partial charge in [-0.25, -0.2) is 8.42 Å². The zero-order valence-electron chi connectivity index (χ0n) is 17.1. The van der Waals surface area contributed by atoms with Gasteiger partial charge < -0.3 is 10.6 Å². The number of nitrogens with zero attached hydrogens (tertiary/aromatic N) is 1. The van der Waals surface area contributed by atoms with Crippen LogP contribution < -0.4 is 10.6 Å². The molecular formula is C20H25N3O4S3. The number of rotatable bonds is 5. The molecule has 3 rings (SSSR count). The summed E-state index contributed by atoms with van der Waals surface area (Å²) in [5, 5.41) is 7.17. The van der Waals surface area contributed by atoms with Gasteiger partial charge >= 0.3 is 0 Å². The van der Waals surface area contributed by atoms with Crippen molar-refractivity contribution in [3.8, 4) is 0 Å². The van der Waals surface area contributed by atoms with Gasteiger partial charge in [-0.05, 0) is 29.6 Å². The number of nitrogens with one attached hydrogen (secondary N) is 2. The van der Waals surface area contributed by atoms with Gasteiger partial charge in [-0.3, -0.25) is 9.59 Å². The first-order valence-electron chi connectivity index (χ1n) is 9.47. The molecule has 1 fully saturated rings. The van der Waals surface area contributed by atoms with Crippen molar-refractivity contribution in [3.63, 3.8) is 0 Å². The van der Waals surface area contributed by atoms with Gasteiger partial charge in [0, 0.05) is 41.4 Å². The third kappa shape index (κ3) is 5.23. The van der Waals surface area contributed by atoms with Crippen LogP contribution in [0.3, 0.4) is 0 Å². The number of sulfonamides is 1. The highest BCUT2D eigenvalue weighted by atomic mass is 32.2. The van der Waals surface area contributed by atoms with Crippen LogP contribution in [-0.4, -0.2) is 49.1 Å². The molecule has 1 aliphatic rings. The smallest absolute Gasteiger partial charge is 0.267 e. The maximum atomic E-state index is 13.0. The zero-order valence-corrected chi connectivity index (χ0v) is 19.5. The standard InChI is InChI=1S/C20H25N3O4S3/c1-20(2,3)19(25)22-15-6-4-5-14(13-15)21-18(24)17-16(7-10-29-17)30(26,27)23-8-11-28-12-9-23/h4-7,10,13H,8-9,11-12H2,1-3H3,(H,21,24)(H,22,25). The topological polar surface area (TPSA) is 95.6 Å². The molecule has 0 aliphatic carbocycles. The zero-order chi connectivity index (χ0) is 21.9. The maximum absolute atomic E-state index is 13.0. The summed E-state index contributed by atoms with van der Waals surface area (Å²) in [5.74, 6) is 0.863. The molecule has 10 heteroatoms. The minimum Gasteiger partial charge on any atom is -0.326 e. The molecule has 1 aromatic heterocycles. The Balaban J connectivity index is 1.77. The molecule has 0 spiro atoms. The van der Waals surface area contributed by atoms with E-state index in [0.29, 0.717) is 24.5 Å². The van der Waals surface area contributed by atoms with Crippen molar-refractivity contribution < 1.29 is 18.0 Å². The summed E-state index contributed by atoms with van der Waals surface area (Å²) in [6, 6.07) is 8.26. The van der Waals surface area contributed by atoms with Crippen molar-refractivity contribution in [2.75, 3.05) is 35.2 Å². The van der Waals surface area contributed by atoms with Crippen molar-refractivity contribution in [1.82, 2.24) is 4.31 Å². The highest BCUT2D eigenvalue weighted by molar-refractivity contribution is 7.99. The lowest BCUT2D eigenvalue weighted by Crippen LogP contribution is -2.38. The molecule has 1 saturated heterocycles. The van der Waals surface area contributed by atoms with Crippen molar-refractivity contribution in [2.45, 2.75) is 25.7 Å². The number of thioether (sulfide) groups is 1. The molecule has 1 aliphatic heterocycles. The third-order valence-electron chi connectivity index (χ3n) is 4.48. The second-order valence-electron chi connectivity index (χ2n) is 7.87. The molecule has 30 heavy (non-hydrogen) atoms. The van der Waals surface area contributed by atoms with Gasteiger partial charge in [0.05, 0.1) is 0 Å². The van der Waals surface area contributed by atoms with E-state index < -0.39 is 21.3 Å². The molecule has 1 aromatic carbocycles.